The van der Waals surface area contributed by atoms with E-state index in [2.05, 4.69) is 68.4 Å². The van der Waals surface area contributed by atoms with Crippen molar-refractivity contribution in [3.63, 3.8) is 0 Å². The lowest BCUT2D eigenvalue weighted by Crippen LogP contribution is -2.52. The van der Waals surface area contributed by atoms with E-state index in [1.807, 2.05) is 24.3 Å². The standard InChI is InChI=1S/C26H32N6O/c1-2-27-25(31-14-16-32(17-15-31)26-28-12-7-13-29-26)30-19-23-10-6-11-24(18-23)21-33-20-22-8-4-3-5-9-22/h3-13,18H,2,14-17,19-21H2,1H3,(H,27,30). The maximum Gasteiger partial charge on any atom is 0.225 e. The van der Waals surface area contributed by atoms with Crippen LogP contribution in [0.3, 0.4) is 0 Å². The fourth-order valence-electron chi connectivity index (χ4n) is 3.84. The van der Waals surface area contributed by atoms with Crippen LogP contribution >= 0.6 is 0 Å². The van der Waals surface area contributed by atoms with Gasteiger partial charge in [0.25, 0.3) is 0 Å². The van der Waals surface area contributed by atoms with Gasteiger partial charge in [0.1, 0.15) is 0 Å². The van der Waals surface area contributed by atoms with Crippen LogP contribution in [-0.4, -0.2) is 53.6 Å². The van der Waals surface area contributed by atoms with Crippen LogP contribution in [0.5, 0.6) is 0 Å². The van der Waals surface area contributed by atoms with E-state index >= 15 is 0 Å². The summed E-state index contributed by atoms with van der Waals surface area (Å²) < 4.78 is 5.90. The monoisotopic (exact) mass is 444 g/mol. The molecule has 0 radical (unpaired) electrons. The summed E-state index contributed by atoms with van der Waals surface area (Å²) in [7, 11) is 0. The lowest BCUT2D eigenvalue weighted by Gasteiger charge is -2.36. The smallest absolute Gasteiger partial charge is 0.225 e. The molecule has 1 aliphatic rings. The number of benzene rings is 2. The van der Waals surface area contributed by atoms with E-state index in [9.17, 15) is 0 Å². The highest BCUT2D eigenvalue weighted by Gasteiger charge is 2.21. The van der Waals surface area contributed by atoms with Crippen LogP contribution < -0.4 is 10.2 Å². The van der Waals surface area contributed by atoms with E-state index in [0.717, 1.165) is 44.6 Å². The van der Waals surface area contributed by atoms with Crippen molar-refractivity contribution in [2.45, 2.75) is 26.7 Å². The van der Waals surface area contributed by atoms with Gasteiger partial charge in [0.15, 0.2) is 5.96 Å². The lowest BCUT2D eigenvalue weighted by atomic mass is 10.1. The zero-order chi connectivity index (χ0) is 22.7. The molecule has 4 rings (SSSR count). The molecule has 172 valence electrons. The van der Waals surface area contributed by atoms with Crippen LogP contribution in [0.1, 0.15) is 23.6 Å². The highest BCUT2D eigenvalue weighted by molar-refractivity contribution is 5.80. The Morgan fingerprint density at radius 1 is 0.879 bits per heavy atom. The highest BCUT2D eigenvalue weighted by Crippen LogP contribution is 2.12. The topological polar surface area (TPSA) is 65.9 Å². The van der Waals surface area contributed by atoms with Gasteiger partial charge in [-0.3, -0.25) is 0 Å². The summed E-state index contributed by atoms with van der Waals surface area (Å²) in [5.41, 5.74) is 3.54. The van der Waals surface area contributed by atoms with E-state index < -0.39 is 0 Å². The molecule has 3 aromatic rings. The second kappa shape index (κ2) is 12.0. The number of nitrogens with one attached hydrogen (secondary N) is 1. The number of piperazine rings is 1. The summed E-state index contributed by atoms with van der Waals surface area (Å²) in [6.07, 6.45) is 3.59. The first-order valence-electron chi connectivity index (χ1n) is 11.6. The fraction of sp³-hybridized carbons (Fsp3) is 0.346. The van der Waals surface area contributed by atoms with Crippen LogP contribution in [0, 0.1) is 0 Å². The lowest BCUT2D eigenvalue weighted by molar-refractivity contribution is 0.107. The van der Waals surface area contributed by atoms with E-state index in [1.54, 1.807) is 12.4 Å². The van der Waals surface area contributed by atoms with Crippen LogP contribution in [-0.2, 0) is 24.5 Å². The number of hydrogen-bond donors (Lipinski definition) is 1. The number of nitrogens with zero attached hydrogens (tertiary/aromatic N) is 5. The number of hydrogen-bond acceptors (Lipinski definition) is 5. The summed E-state index contributed by atoms with van der Waals surface area (Å²) in [5, 5.41) is 3.45. The predicted molar refractivity (Wildman–Crippen MR) is 132 cm³/mol. The fourth-order valence-corrected chi connectivity index (χ4v) is 3.84. The molecule has 0 atom stereocenters. The quantitative estimate of drug-likeness (QED) is 0.424. The molecule has 33 heavy (non-hydrogen) atoms. The van der Waals surface area contributed by atoms with Crippen LogP contribution in [0.25, 0.3) is 0 Å². The van der Waals surface area contributed by atoms with E-state index in [0.29, 0.717) is 19.8 Å². The van der Waals surface area contributed by atoms with Crippen LogP contribution in [0.4, 0.5) is 5.95 Å². The van der Waals surface area contributed by atoms with Crippen molar-refractivity contribution in [3.05, 3.63) is 89.7 Å². The molecule has 7 heteroatoms. The van der Waals surface area contributed by atoms with Crippen molar-refractivity contribution in [3.8, 4) is 0 Å². The average molecular weight is 445 g/mol. The summed E-state index contributed by atoms with van der Waals surface area (Å²) in [5.74, 6) is 1.75. The molecular formula is C26H32N6O. The largest absolute Gasteiger partial charge is 0.372 e. The van der Waals surface area contributed by atoms with Gasteiger partial charge < -0.3 is 19.9 Å². The van der Waals surface area contributed by atoms with Crippen molar-refractivity contribution >= 4 is 11.9 Å². The normalized spacial score (nSPS) is 14.4. The SMILES string of the molecule is CCNC(=NCc1cccc(COCc2ccccc2)c1)N1CCN(c2ncccn2)CC1. The highest BCUT2D eigenvalue weighted by atomic mass is 16.5. The first-order valence-corrected chi connectivity index (χ1v) is 11.6. The molecule has 1 aromatic heterocycles. The first kappa shape index (κ1) is 22.7. The van der Waals surface area contributed by atoms with E-state index in [-0.39, 0.29) is 0 Å². The molecule has 0 unspecified atom stereocenters. The van der Waals surface area contributed by atoms with Gasteiger partial charge in [-0.1, -0.05) is 54.6 Å². The third kappa shape index (κ3) is 6.76. The average Bonchev–Trinajstić information content (AvgIpc) is 2.88. The first-order chi connectivity index (χ1) is 16.3. The number of rotatable bonds is 8. The third-order valence-electron chi connectivity index (χ3n) is 5.53. The van der Waals surface area contributed by atoms with Gasteiger partial charge in [-0.2, -0.15) is 0 Å². The molecule has 1 fully saturated rings. The van der Waals surface area contributed by atoms with Crippen molar-refractivity contribution in [2.75, 3.05) is 37.6 Å². The summed E-state index contributed by atoms with van der Waals surface area (Å²) in [4.78, 5) is 18.2. The Balaban J connectivity index is 1.31. The van der Waals surface area contributed by atoms with Gasteiger partial charge in [0, 0.05) is 45.1 Å². The molecule has 1 aliphatic heterocycles. The number of anilines is 1. The van der Waals surface area contributed by atoms with Gasteiger partial charge in [-0.05, 0) is 29.7 Å². The van der Waals surface area contributed by atoms with Gasteiger partial charge in [-0.25, -0.2) is 15.0 Å². The summed E-state index contributed by atoms with van der Waals surface area (Å²) in [6.45, 7) is 8.32. The van der Waals surface area contributed by atoms with Gasteiger partial charge >= 0.3 is 0 Å². The molecule has 0 bridgehead atoms. The molecule has 0 spiro atoms. The van der Waals surface area contributed by atoms with Crippen molar-refractivity contribution in [1.82, 2.24) is 20.2 Å². The molecule has 2 aromatic carbocycles. The molecule has 0 aliphatic carbocycles. The van der Waals surface area contributed by atoms with Crippen LogP contribution in [0.15, 0.2) is 78.0 Å². The van der Waals surface area contributed by atoms with Crippen molar-refractivity contribution in [2.24, 2.45) is 4.99 Å². The Bertz CT molecular complexity index is 1000. The minimum atomic E-state index is 0.593. The van der Waals surface area contributed by atoms with Crippen molar-refractivity contribution < 1.29 is 4.74 Å². The Labute approximate surface area is 196 Å². The second-order valence-corrected chi connectivity index (χ2v) is 7.99. The Morgan fingerprint density at radius 3 is 2.33 bits per heavy atom. The Hall–Kier alpha value is -3.45. The predicted octanol–water partition coefficient (Wildman–Crippen LogP) is 3.48. The zero-order valence-electron chi connectivity index (χ0n) is 19.2. The number of aliphatic imine (C=N–C) groups is 1. The molecule has 2 heterocycles. The maximum atomic E-state index is 5.90. The molecule has 0 saturated carbocycles. The number of ether oxygens (including phenoxy) is 1. The molecule has 7 nitrogen and oxygen atoms in total. The minimum absolute atomic E-state index is 0.593. The number of guanidine groups is 1. The molecule has 1 N–H and O–H groups in total. The number of aromatic nitrogens is 2. The van der Waals surface area contributed by atoms with Gasteiger partial charge in [0.05, 0.1) is 19.8 Å². The van der Waals surface area contributed by atoms with Gasteiger partial charge in [-0.15, -0.1) is 0 Å². The van der Waals surface area contributed by atoms with Crippen LogP contribution in [0.2, 0.25) is 0 Å². The Kier molecular flexibility index (Phi) is 8.25. The molecule has 0 amide bonds. The van der Waals surface area contributed by atoms with E-state index in [1.165, 1.54) is 16.7 Å². The minimum Gasteiger partial charge on any atom is -0.372 e. The Morgan fingerprint density at radius 2 is 1.58 bits per heavy atom. The molecule has 1 saturated heterocycles. The van der Waals surface area contributed by atoms with E-state index in [4.69, 9.17) is 9.73 Å². The second-order valence-electron chi connectivity index (χ2n) is 7.99. The summed E-state index contributed by atoms with van der Waals surface area (Å²) >= 11 is 0. The zero-order valence-corrected chi connectivity index (χ0v) is 19.2. The molecular weight excluding hydrogens is 412 g/mol. The van der Waals surface area contributed by atoms with Gasteiger partial charge in [0.2, 0.25) is 5.95 Å². The van der Waals surface area contributed by atoms with Crippen molar-refractivity contribution in [1.29, 1.82) is 0 Å². The third-order valence-corrected chi connectivity index (χ3v) is 5.53. The summed E-state index contributed by atoms with van der Waals surface area (Å²) in [6, 6.07) is 20.6. The maximum absolute atomic E-state index is 5.90.